The summed E-state index contributed by atoms with van der Waals surface area (Å²) in [5.41, 5.74) is 0. The number of carbonyl (C=O) groups excluding carboxylic acids is 1. The normalized spacial score (nSPS) is 23.0. The zero-order valence-corrected chi connectivity index (χ0v) is 15.9. The highest BCUT2D eigenvalue weighted by atomic mass is 32.2. The molecule has 3 rings (SSSR count). The Labute approximate surface area is 155 Å². The monoisotopic (exact) mass is 381 g/mol. The van der Waals surface area contributed by atoms with Crippen LogP contribution in [0, 0.1) is 0 Å². The Morgan fingerprint density at radius 2 is 1.88 bits per heavy atom. The van der Waals surface area contributed by atoms with Crippen molar-refractivity contribution in [2.24, 2.45) is 0 Å². The molecule has 8 heteroatoms. The molecule has 2 N–H and O–H groups in total. The largest absolute Gasteiger partial charge is 0.376 e. The highest BCUT2D eigenvalue weighted by Crippen LogP contribution is 2.17. The molecule has 0 saturated carbocycles. The molecular weight excluding hydrogens is 354 g/mol. The quantitative estimate of drug-likeness (QED) is 0.813. The fourth-order valence-electron chi connectivity index (χ4n) is 3.46. The van der Waals surface area contributed by atoms with Crippen LogP contribution in [-0.2, 0) is 14.8 Å². The van der Waals surface area contributed by atoms with Crippen molar-refractivity contribution >= 4 is 16.1 Å². The fraction of sp³-hybridized carbons (Fsp3) is 0.611. The van der Waals surface area contributed by atoms with E-state index < -0.39 is 10.0 Å². The summed E-state index contributed by atoms with van der Waals surface area (Å²) in [6, 6.07) is 8.09. The van der Waals surface area contributed by atoms with E-state index >= 15 is 0 Å². The molecule has 0 aliphatic carbocycles. The van der Waals surface area contributed by atoms with Crippen molar-refractivity contribution < 1.29 is 17.9 Å². The number of piperidine rings is 1. The summed E-state index contributed by atoms with van der Waals surface area (Å²) in [5, 5.41) is 3.00. The van der Waals surface area contributed by atoms with Gasteiger partial charge in [-0.3, -0.25) is 0 Å². The lowest BCUT2D eigenvalue weighted by Crippen LogP contribution is -2.52. The Morgan fingerprint density at radius 1 is 1.19 bits per heavy atom. The zero-order valence-electron chi connectivity index (χ0n) is 15.1. The van der Waals surface area contributed by atoms with Gasteiger partial charge in [-0.2, -0.15) is 0 Å². The number of sulfonamides is 1. The Kier molecular flexibility index (Phi) is 6.16. The van der Waals surface area contributed by atoms with Gasteiger partial charge in [-0.05, 0) is 44.7 Å². The topological polar surface area (TPSA) is 87.7 Å². The number of carbonyl (C=O) groups is 1. The van der Waals surface area contributed by atoms with Crippen LogP contribution in [0.2, 0.25) is 0 Å². The van der Waals surface area contributed by atoms with Crippen molar-refractivity contribution in [3.63, 3.8) is 0 Å². The molecule has 2 saturated heterocycles. The minimum atomic E-state index is -3.51. The molecule has 2 fully saturated rings. The highest BCUT2D eigenvalue weighted by Gasteiger charge is 2.29. The number of likely N-dealkylation sites (tertiary alicyclic amines) is 1. The molecule has 0 aromatic heterocycles. The zero-order chi connectivity index (χ0) is 18.6. The van der Waals surface area contributed by atoms with Crippen molar-refractivity contribution in [3.8, 4) is 0 Å². The average Bonchev–Trinajstić information content (AvgIpc) is 3.17. The highest BCUT2D eigenvalue weighted by molar-refractivity contribution is 7.89. The molecule has 2 amide bonds. The summed E-state index contributed by atoms with van der Waals surface area (Å²) < 4.78 is 33.1. The first-order valence-corrected chi connectivity index (χ1v) is 10.7. The maximum Gasteiger partial charge on any atom is 0.317 e. The van der Waals surface area contributed by atoms with Gasteiger partial charge in [0, 0.05) is 25.7 Å². The van der Waals surface area contributed by atoms with Gasteiger partial charge in [-0.25, -0.2) is 17.9 Å². The minimum absolute atomic E-state index is 0.0145. The van der Waals surface area contributed by atoms with E-state index in [2.05, 4.69) is 10.0 Å². The smallest absolute Gasteiger partial charge is 0.317 e. The molecule has 1 aromatic carbocycles. The second-order valence-corrected chi connectivity index (χ2v) is 8.70. The van der Waals surface area contributed by atoms with Crippen molar-refractivity contribution in [1.82, 2.24) is 14.9 Å². The maximum absolute atomic E-state index is 12.4. The van der Waals surface area contributed by atoms with Gasteiger partial charge in [0.05, 0.1) is 17.0 Å². The molecule has 2 unspecified atom stereocenters. The molecule has 0 radical (unpaired) electrons. The lowest BCUT2D eigenvalue weighted by Gasteiger charge is -2.33. The number of rotatable bonds is 5. The third-order valence-electron chi connectivity index (χ3n) is 5.03. The molecular formula is C18H27N3O4S. The van der Waals surface area contributed by atoms with Crippen LogP contribution in [0.5, 0.6) is 0 Å². The molecule has 0 bridgehead atoms. The van der Waals surface area contributed by atoms with Gasteiger partial charge in [-0.15, -0.1) is 0 Å². The van der Waals surface area contributed by atoms with E-state index in [4.69, 9.17) is 4.74 Å². The third-order valence-corrected chi connectivity index (χ3v) is 6.57. The number of hydrogen-bond acceptors (Lipinski definition) is 4. The summed E-state index contributed by atoms with van der Waals surface area (Å²) >= 11 is 0. The van der Waals surface area contributed by atoms with Crippen LogP contribution in [-0.4, -0.2) is 57.2 Å². The van der Waals surface area contributed by atoms with Crippen molar-refractivity contribution in [2.75, 3.05) is 19.7 Å². The van der Waals surface area contributed by atoms with E-state index in [1.54, 1.807) is 35.2 Å². The minimum Gasteiger partial charge on any atom is -0.376 e. The van der Waals surface area contributed by atoms with Crippen LogP contribution in [0.4, 0.5) is 4.79 Å². The third kappa shape index (κ3) is 4.75. The van der Waals surface area contributed by atoms with E-state index in [9.17, 15) is 13.2 Å². The first-order chi connectivity index (χ1) is 12.5. The first-order valence-electron chi connectivity index (χ1n) is 9.20. The Balaban J connectivity index is 1.47. The number of hydrogen-bond donors (Lipinski definition) is 2. The molecule has 2 aliphatic heterocycles. The predicted molar refractivity (Wildman–Crippen MR) is 98.3 cm³/mol. The molecule has 2 heterocycles. The number of ether oxygens (including phenoxy) is 1. The maximum atomic E-state index is 12.4. The number of nitrogens with one attached hydrogen (secondary N) is 2. The number of benzene rings is 1. The van der Waals surface area contributed by atoms with Gasteiger partial charge in [0.15, 0.2) is 0 Å². The van der Waals surface area contributed by atoms with Crippen LogP contribution in [0.15, 0.2) is 35.2 Å². The van der Waals surface area contributed by atoms with E-state index in [-0.39, 0.29) is 29.1 Å². The summed E-state index contributed by atoms with van der Waals surface area (Å²) in [7, 11) is -3.51. The van der Waals surface area contributed by atoms with Crippen LogP contribution in [0.3, 0.4) is 0 Å². The van der Waals surface area contributed by atoms with E-state index in [0.29, 0.717) is 25.9 Å². The van der Waals surface area contributed by atoms with Gasteiger partial charge in [0.25, 0.3) is 0 Å². The predicted octanol–water partition coefficient (Wildman–Crippen LogP) is 1.71. The lowest BCUT2D eigenvalue weighted by molar-refractivity contribution is 0.0824. The average molecular weight is 381 g/mol. The van der Waals surface area contributed by atoms with Gasteiger partial charge in [0.1, 0.15) is 0 Å². The van der Waals surface area contributed by atoms with Crippen LogP contribution in [0.25, 0.3) is 0 Å². The van der Waals surface area contributed by atoms with Crippen LogP contribution < -0.4 is 10.0 Å². The number of urea groups is 1. The summed E-state index contributed by atoms with van der Waals surface area (Å²) in [4.78, 5) is 14.4. The van der Waals surface area contributed by atoms with E-state index in [1.165, 1.54) is 0 Å². The fourth-order valence-corrected chi connectivity index (χ4v) is 4.79. The Bertz CT molecular complexity index is 696. The number of amides is 2. The Morgan fingerprint density at radius 3 is 2.50 bits per heavy atom. The molecule has 144 valence electrons. The van der Waals surface area contributed by atoms with Gasteiger partial charge in [0.2, 0.25) is 10.0 Å². The van der Waals surface area contributed by atoms with Gasteiger partial charge >= 0.3 is 6.03 Å². The van der Waals surface area contributed by atoms with Gasteiger partial charge in [-0.1, -0.05) is 18.2 Å². The second-order valence-electron chi connectivity index (χ2n) is 6.99. The molecule has 1 aromatic rings. The summed E-state index contributed by atoms with van der Waals surface area (Å²) in [5.74, 6) is 0. The second kappa shape index (κ2) is 8.37. The van der Waals surface area contributed by atoms with Gasteiger partial charge < -0.3 is 15.0 Å². The molecule has 2 aliphatic rings. The van der Waals surface area contributed by atoms with Crippen LogP contribution in [0.1, 0.15) is 32.6 Å². The molecule has 2 atom stereocenters. The molecule has 26 heavy (non-hydrogen) atoms. The van der Waals surface area contributed by atoms with E-state index in [1.807, 2.05) is 6.92 Å². The SMILES string of the molecule is CC(NC(=O)N1CCC(NS(=O)(=O)c2ccccc2)CC1)C1CCCO1. The van der Waals surface area contributed by atoms with Crippen LogP contribution >= 0.6 is 0 Å². The van der Waals surface area contributed by atoms with E-state index in [0.717, 1.165) is 19.4 Å². The lowest BCUT2D eigenvalue weighted by atomic mass is 10.1. The molecule has 0 spiro atoms. The summed E-state index contributed by atoms with van der Waals surface area (Å²) in [6.07, 6.45) is 3.32. The first kappa shape index (κ1) is 19.1. The molecule has 7 nitrogen and oxygen atoms in total. The van der Waals surface area contributed by atoms with Crippen molar-refractivity contribution in [1.29, 1.82) is 0 Å². The number of nitrogens with zero attached hydrogens (tertiary/aromatic N) is 1. The standard InChI is InChI=1S/C18H27N3O4S/c1-14(17-8-5-13-25-17)19-18(22)21-11-9-15(10-12-21)20-26(23,24)16-6-3-2-4-7-16/h2-4,6-7,14-15,17,20H,5,8-13H2,1H3,(H,19,22). The summed E-state index contributed by atoms with van der Waals surface area (Å²) in [6.45, 7) is 3.80. The Hall–Kier alpha value is -1.64. The van der Waals surface area contributed by atoms with Crippen molar-refractivity contribution in [2.45, 2.75) is 55.7 Å². The van der Waals surface area contributed by atoms with Crippen molar-refractivity contribution in [3.05, 3.63) is 30.3 Å².